The normalized spacial score (nSPS) is 28.0. The van der Waals surface area contributed by atoms with E-state index >= 15 is 0 Å². The molecule has 1 aliphatic heterocycles. The van der Waals surface area contributed by atoms with Gasteiger partial charge in [0, 0.05) is 30.5 Å². The molecule has 1 aromatic rings. The van der Waals surface area contributed by atoms with Crippen LogP contribution in [0.25, 0.3) is 0 Å². The average Bonchev–Trinajstić information content (AvgIpc) is 3.06. The molecule has 1 saturated heterocycles. The quantitative estimate of drug-likeness (QED) is 0.554. The monoisotopic (exact) mass is 348 g/mol. The zero-order valence-corrected chi connectivity index (χ0v) is 15.2. The Morgan fingerprint density at radius 2 is 2.24 bits per heavy atom. The Morgan fingerprint density at radius 3 is 2.92 bits per heavy atom. The van der Waals surface area contributed by atoms with Gasteiger partial charge in [0.15, 0.2) is 11.7 Å². The van der Waals surface area contributed by atoms with Gasteiger partial charge in [0.05, 0.1) is 6.10 Å². The van der Waals surface area contributed by atoms with Gasteiger partial charge in [0.1, 0.15) is 12.3 Å². The summed E-state index contributed by atoms with van der Waals surface area (Å²) in [5.74, 6) is 1.47. The molecule has 1 aliphatic carbocycles. The number of ether oxygens (including phenoxy) is 1. The zero-order valence-electron chi connectivity index (χ0n) is 15.2. The molecule has 2 heterocycles. The minimum absolute atomic E-state index is 0.0745. The Bertz CT molecular complexity index is 653. The number of carbonyl (C=O) groups excluding carboxylic acids is 1. The highest BCUT2D eigenvalue weighted by molar-refractivity contribution is 5.89. The van der Waals surface area contributed by atoms with Gasteiger partial charge in [-0.3, -0.25) is 4.79 Å². The van der Waals surface area contributed by atoms with Crippen LogP contribution in [0, 0.1) is 11.3 Å². The number of hydrogen-bond acceptors (Lipinski definition) is 4. The number of hydrogen-bond donors (Lipinski definition) is 3. The summed E-state index contributed by atoms with van der Waals surface area (Å²) in [5.41, 5.74) is 5.28. The topological polar surface area (TPSA) is 102 Å². The molecule has 4 N–H and O–H groups in total. The van der Waals surface area contributed by atoms with Crippen LogP contribution in [0.2, 0.25) is 0 Å². The first-order valence-corrected chi connectivity index (χ1v) is 8.98. The van der Waals surface area contributed by atoms with Crippen LogP contribution in [0.4, 0.5) is 0 Å². The Hall–Kier alpha value is -2.02. The van der Waals surface area contributed by atoms with Gasteiger partial charge in [-0.1, -0.05) is 13.8 Å². The van der Waals surface area contributed by atoms with Crippen molar-refractivity contribution >= 4 is 11.9 Å². The number of fused-ring (bicyclic) bond motifs is 1. The van der Waals surface area contributed by atoms with Crippen LogP contribution in [0.1, 0.15) is 49.9 Å². The van der Waals surface area contributed by atoms with E-state index in [0.717, 1.165) is 25.5 Å². The van der Waals surface area contributed by atoms with E-state index in [9.17, 15) is 4.79 Å². The average molecular weight is 348 g/mol. The summed E-state index contributed by atoms with van der Waals surface area (Å²) in [6.07, 6.45) is 2.63. The molecular formula is C18H28N4O3. The highest BCUT2D eigenvalue weighted by Crippen LogP contribution is 2.51. The summed E-state index contributed by atoms with van der Waals surface area (Å²) >= 11 is 0. The minimum atomic E-state index is -0.570. The Morgan fingerprint density at radius 1 is 1.44 bits per heavy atom. The fraction of sp³-hybridized carbons (Fsp3) is 0.667. The van der Waals surface area contributed by atoms with Gasteiger partial charge in [0.2, 0.25) is 0 Å². The van der Waals surface area contributed by atoms with Crippen LogP contribution >= 0.6 is 0 Å². The van der Waals surface area contributed by atoms with Gasteiger partial charge in [0.25, 0.3) is 5.91 Å². The Kier molecular flexibility index (Phi) is 5.03. The molecular weight excluding hydrogens is 320 g/mol. The number of aliphatic imine (C=N–C) groups is 1. The van der Waals surface area contributed by atoms with Crippen molar-refractivity contribution in [2.75, 3.05) is 13.2 Å². The third-order valence-corrected chi connectivity index (χ3v) is 5.27. The minimum Gasteiger partial charge on any atom is -0.454 e. The van der Waals surface area contributed by atoms with Crippen LogP contribution in [-0.4, -0.2) is 37.2 Å². The van der Waals surface area contributed by atoms with Crippen LogP contribution < -0.4 is 16.4 Å². The van der Waals surface area contributed by atoms with Gasteiger partial charge in [-0.2, -0.15) is 0 Å². The van der Waals surface area contributed by atoms with Crippen molar-refractivity contribution in [1.29, 1.82) is 0 Å². The van der Waals surface area contributed by atoms with E-state index in [1.807, 2.05) is 6.92 Å². The molecule has 2 aliphatic rings. The number of carbonyl (C=O) groups is 1. The number of furan rings is 1. The summed E-state index contributed by atoms with van der Waals surface area (Å²) in [6.45, 7) is 8.51. The molecule has 1 saturated carbocycles. The largest absolute Gasteiger partial charge is 0.454 e. The lowest BCUT2D eigenvalue weighted by molar-refractivity contribution is -0.188. The van der Waals surface area contributed by atoms with Crippen molar-refractivity contribution in [2.24, 2.45) is 22.1 Å². The van der Waals surface area contributed by atoms with Crippen molar-refractivity contribution in [2.45, 2.75) is 52.3 Å². The van der Waals surface area contributed by atoms with Crippen molar-refractivity contribution < 1.29 is 13.9 Å². The second-order valence-corrected chi connectivity index (χ2v) is 7.37. The third kappa shape index (κ3) is 3.51. The van der Waals surface area contributed by atoms with Gasteiger partial charge in [-0.05, 0) is 31.9 Å². The number of nitrogens with zero attached hydrogens (tertiary/aromatic N) is 1. The first-order chi connectivity index (χ1) is 11.9. The summed E-state index contributed by atoms with van der Waals surface area (Å²) in [5, 5.41) is 6.85. The molecule has 0 aromatic carbocycles. The van der Waals surface area contributed by atoms with Crippen molar-refractivity contribution in [3.63, 3.8) is 0 Å². The Labute approximate surface area is 148 Å². The number of guanidine groups is 1. The fourth-order valence-corrected chi connectivity index (χ4v) is 4.04. The lowest BCUT2D eigenvalue weighted by Crippen LogP contribution is -2.71. The van der Waals surface area contributed by atoms with Crippen LogP contribution in [0.3, 0.4) is 0 Å². The van der Waals surface area contributed by atoms with E-state index in [4.69, 9.17) is 14.9 Å². The van der Waals surface area contributed by atoms with Crippen molar-refractivity contribution in [3.8, 4) is 0 Å². The third-order valence-electron chi connectivity index (χ3n) is 5.27. The first kappa shape index (κ1) is 17.8. The molecule has 2 fully saturated rings. The predicted octanol–water partition coefficient (Wildman–Crippen LogP) is 1.64. The van der Waals surface area contributed by atoms with Crippen LogP contribution in [0.5, 0.6) is 0 Å². The second kappa shape index (κ2) is 7.07. The lowest BCUT2D eigenvalue weighted by Gasteiger charge is -2.60. The molecule has 3 unspecified atom stereocenters. The number of nitrogens with one attached hydrogen (secondary N) is 2. The highest BCUT2D eigenvalue weighted by atomic mass is 16.5. The molecule has 0 spiro atoms. The molecule has 138 valence electrons. The highest BCUT2D eigenvalue weighted by Gasteiger charge is 2.58. The first-order valence-electron chi connectivity index (χ1n) is 8.98. The molecule has 1 aromatic heterocycles. The summed E-state index contributed by atoms with van der Waals surface area (Å²) < 4.78 is 11.3. The molecule has 1 amide bonds. The van der Waals surface area contributed by atoms with E-state index in [1.54, 1.807) is 12.1 Å². The van der Waals surface area contributed by atoms with Gasteiger partial charge < -0.3 is 25.5 Å². The lowest BCUT2D eigenvalue weighted by atomic mass is 9.55. The maximum absolute atomic E-state index is 11.1. The molecule has 7 nitrogen and oxygen atoms in total. The Balaban J connectivity index is 1.67. The van der Waals surface area contributed by atoms with E-state index in [2.05, 4.69) is 29.5 Å². The number of primary amides is 1. The maximum atomic E-state index is 11.1. The smallest absolute Gasteiger partial charge is 0.284 e. The molecule has 0 bridgehead atoms. The number of nitrogens with two attached hydrogens (primary N) is 1. The van der Waals surface area contributed by atoms with Crippen LogP contribution in [0.15, 0.2) is 21.5 Å². The molecule has 3 rings (SSSR count). The second-order valence-electron chi connectivity index (χ2n) is 7.37. The van der Waals surface area contributed by atoms with Crippen molar-refractivity contribution in [1.82, 2.24) is 10.6 Å². The van der Waals surface area contributed by atoms with E-state index in [0.29, 0.717) is 30.4 Å². The number of rotatable bonds is 5. The number of amides is 1. The van der Waals surface area contributed by atoms with Gasteiger partial charge >= 0.3 is 0 Å². The van der Waals surface area contributed by atoms with Gasteiger partial charge in [-0.25, -0.2) is 4.99 Å². The summed E-state index contributed by atoms with van der Waals surface area (Å²) in [7, 11) is 0. The molecule has 25 heavy (non-hydrogen) atoms. The van der Waals surface area contributed by atoms with E-state index in [1.165, 1.54) is 6.42 Å². The predicted molar refractivity (Wildman–Crippen MR) is 95.2 cm³/mol. The van der Waals surface area contributed by atoms with E-state index in [-0.39, 0.29) is 11.2 Å². The van der Waals surface area contributed by atoms with Crippen LogP contribution in [-0.2, 0) is 11.3 Å². The SMILES string of the molecule is CCNC(=NCc1ccc(C(N)=O)o1)NC1C2CCCOC2C1(C)C. The standard InChI is InChI=1S/C18H28N4O3/c1-4-20-17(21-10-11-7-8-13(25-11)16(19)23)22-14-12-6-5-9-24-15(12)18(14,2)3/h7-8,12,14-15H,4-6,9-10H2,1-3H3,(H2,19,23)(H2,20,21,22). The van der Waals surface area contributed by atoms with Gasteiger partial charge in [-0.15, -0.1) is 0 Å². The molecule has 7 heteroatoms. The van der Waals surface area contributed by atoms with Crippen molar-refractivity contribution in [3.05, 3.63) is 23.7 Å². The molecule has 0 radical (unpaired) electrons. The zero-order chi connectivity index (χ0) is 18.0. The summed E-state index contributed by atoms with van der Waals surface area (Å²) in [6, 6.07) is 3.63. The summed E-state index contributed by atoms with van der Waals surface area (Å²) in [4.78, 5) is 15.7. The fourth-order valence-electron chi connectivity index (χ4n) is 4.04. The molecule has 3 atom stereocenters. The maximum Gasteiger partial charge on any atom is 0.284 e. The van der Waals surface area contributed by atoms with E-state index < -0.39 is 5.91 Å².